The molecule has 1 aromatic carbocycles. The first-order chi connectivity index (χ1) is 12.5. The first kappa shape index (κ1) is 20.4. The summed E-state index contributed by atoms with van der Waals surface area (Å²) in [4.78, 5) is 37.7. The van der Waals surface area contributed by atoms with Crippen molar-refractivity contribution in [3.63, 3.8) is 0 Å². The third kappa shape index (κ3) is 7.51. The van der Waals surface area contributed by atoms with E-state index in [1.807, 2.05) is 0 Å². The van der Waals surface area contributed by atoms with Gasteiger partial charge < -0.3 is 15.4 Å². The number of morpholine rings is 1. The van der Waals surface area contributed by atoms with E-state index in [1.165, 1.54) is 0 Å². The number of carbonyl (C=O) groups excluding carboxylic acids is 3. The van der Waals surface area contributed by atoms with Crippen LogP contribution < -0.4 is 10.6 Å². The highest BCUT2D eigenvalue weighted by Gasteiger charge is 2.12. The zero-order valence-corrected chi connectivity index (χ0v) is 15.4. The van der Waals surface area contributed by atoms with E-state index in [0.29, 0.717) is 17.1 Å². The van der Waals surface area contributed by atoms with Crippen molar-refractivity contribution in [1.29, 1.82) is 0 Å². The first-order valence-electron chi connectivity index (χ1n) is 8.67. The molecule has 1 aliphatic heterocycles. The SMILES string of the molecule is O=C(CCC(=O)c1ccc(Cl)cc1)NCC(=O)NCCN1CCOCC1. The maximum atomic E-state index is 12.0. The molecule has 8 heteroatoms. The van der Waals surface area contributed by atoms with E-state index in [-0.39, 0.29) is 37.0 Å². The van der Waals surface area contributed by atoms with Crippen LogP contribution in [0.5, 0.6) is 0 Å². The molecule has 1 heterocycles. The Morgan fingerprint density at radius 2 is 1.69 bits per heavy atom. The lowest BCUT2D eigenvalue weighted by Crippen LogP contribution is -2.43. The number of nitrogens with zero attached hydrogens (tertiary/aromatic N) is 1. The second kappa shape index (κ2) is 10.9. The number of amides is 2. The van der Waals surface area contributed by atoms with Crippen molar-refractivity contribution in [3.05, 3.63) is 34.9 Å². The monoisotopic (exact) mass is 381 g/mol. The Labute approximate surface area is 158 Å². The van der Waals surface area contributed by atoms with Gasteiger partial charge in [0, 0.05) is 49.6 Å². The molecule has 0 aromatic heterocycles. The summed E-state index contributed by atoms with van der Waals surface area (Å²) in [6.07, 6.45) is 0.134. The number of Topliss-reactive ketones (excluding diaryl/α,β-unsaturated/α-hetero) is 1. The fraction of sp³-hybridized carbons (Fsp3) is 0.500. The number of halogens is 1. The smallest absolute Gasteiger partial charge is 0.239 e. The van der Waals surface area contributed by atoms with Gasteiger partial charge in [0.15, 0.2) is 5.78 Å². The number of hydrogen-bond donors (Lipinski definition) is 2. The quantitative estimate of drug-likeness (QED) is 0.620. The molecule has 2 N–H and O–H groups in total. The average molecular weight is 382 g/mol. The molecule has 0 spiro atoms. The Kier molecular flexibility index (Phi) is 8.53. The van der Waals surface area contributed by atoms with Crippen LogP contribution in [0, 0.1) is 0 Å². The van der Waals surface area contributed by atoms with E-state index in [0.717, 1.165) is 32.8 Å². The molecule has 0 aliphatic carbocycles. The van der Waals surface area contributed by atoms with Crippen LogP contribution in [-0.4, -0.2) is 68.4 Å². The van der Waals surface area contributed by atoms with Crippen molar-refractivity contribution >= 4 is 29.2 Å². The van der Waals surface area contributed by atoms with E-state index in [9.17, 15) is 14.4 Å². The van der Waals surface area contributed by atoms with Gasteiger partial charge >= 0.3 is 0 Å². The zero-order chi connectivity index (χ0) is 18.8. The third-order valence-corrected chi connectivity index (χ3v) is 4.30. The van der Waals surface area contributed by atoms with Gasteiger partial charge in [-0.3, -0.25) is 19.3 Å². The summed E-state index contributed by atoms with van der Waals surface area (Å²) < 4.78 is 5.26. The second-order valence-electron chi connectivity index (χ2n) is 6.01. The fourth-order valence-electron chi connectivity index (χ4n) is 2.52. The van der Waals surface area contributed by atoms with Crippen LogP contribution in [0.15, 0.2) is 24.3 Å². The zero-order valence-electron chi connectivity index (χ0n) is 14.6. The highest BCUT2D eigenvalue weighted by atomic mass is 35.5. The summed E-state index contributed by atoms with van der Waals surface area (Å²) in [5, 5.41) is 5.85. The molecule has 2 rings (SSSR count). The molecule has 0 unspecified atom stereocenters. The number of ether oxygens (including phenoxy) is 1. The molecule has 1 aromatic rings. The molecule has 0 radical (unpaired) electrons. The Morgan fingerprint density at radius 1 is 1.00 bits per heavy atom. The fourth-order valence-corrected chi connectivity index (χ4v) is 2.64. The topological polar surface area (TPSA) is 87.7 Å². The van der Waals surface area contributed by atoms with Crippen molar-refractivity contribution in [2.75, 3.05) is 45.9 Å². The lowest BCUT2D eigenvalue weighted by atomic mass is 10.1. The van der Waals surface area contributed by atoms with Gasteiger partial charge in [-0.15, -0.1) is 0 Å². The number of hydrogen-bond acceptors (Lipinski definition) is 5. The maximum Gasteiger partial charge on any atom is 0.239 e. The summed E-state index contributed by atoms with van der Waals surface area (Å²) in [6, 6.07) is 6.53. The Morgan fingerprint density at radius 3 is 2.38 bits per heavy atom. The van der Waals surface area contributed by atoms with E-state index in [1.54, 1.807) is 24.3 Å². The van der Waals surface area contributed by atoms with Crippen LogP contribution in [0.3, 0.4) is 0 Å². The third-order valence-electron chi connectivity index (χ3n) is 4.05. The predicted molar refractivity (Wildman–Crippen MR) is 98.3 cm³/mol. The van der Waals surface area contributed by atoms with E-state index >= 15 is 0 Å². The van der Waals surface area contributed by atoms with Gasteiger partial charge in [0.25, 0.3) is 0 Å². The Bertz CT molecular complexity index is 615. The van der Waals surface area contributed by atoms with Crippen molar-refractivity contribution in [2.24, 2.45) is 0 Å². The highest BCUT2D eigenvalue weighted by Crippen LogP contribution is 2.11. The van der Waals surface area contributed by atoms with Gasteiger partial charge in [-0.2, -0.15) is 0 Å². The molecule has 7 nitrogen and oxygen atoms in total. The van der Waals surface area contributed by atoms with Gasteiger partial charge in [0.05, 0.1) is 19.8 Å². The number of nitrogens with one attached hydrogen (secondary N) is 2. The van der Waals surface area contributed by atoms with Crippen molar-refractivity contribution < 1.29 is 19.1 Å². The minimum atomic E-state index is -0.323. The Balaban J connectivity index is 1.56. The van der Waals surface area contributed by atoms with Gasteiger partial charge in [0.1, 0.15) is 0 Å². The van der Waals surface area contributed by atoms with Gasteiger partial charge in [-0.1, -0.05) is 11.6 Å². The molecule has 1 aliphatic rings. The highest BCUT2D eigenvalue weighted by molar-refractivity contribution is 6.30. The first-order valence-corrected chi connectivity index (χ1v) is 9.04. The molecule has 0 atom stereocenters. The minimum Gasteiger partial charge on any atom is -0.379 e. The minimum absolute atomic E-state index is 0.0442. The molecule has 0 bridgehead atoms. The van der Waals surface area contributed by atoms with Crippen molar-refractivity contribution in [2.45, 2.75) is 12.8 Å². The summed E-state index contributed by atoms with van der Waals surface area (Å²) in [5.41, 5.74) is 0.517. The van der Waals surface area contributed by atoms with Crippen molar-refractivity contribution in [1.82, 2.24) is 15.5 Å². The van der Waals surface area contributed by atoms with Gasteiger partial charge in [-0.05, 0) is 24.3 Å². The lowest BCUT2D eigenvalue weighted by Gasteiger charge is -2.26. The lowest BCUT2D eigenvalue weighted by molar-refractivity contribution is -0.126. The number of benzene rings is 1. The normalized spacial score (nSPS) is 14.7. The summed E-state index contributed by atoms with van der Waals surface area (Å²) in [5.74, 6) is -0.696. The van der Waals surface area contributed by atoms with Crippen LogP contribution in [0.2, 0.25) is 5.02 Å². The average Bonchev–Trinajstić information content (AvgIpc) is 2.66. The molecular formula is C18H24ClN3O4. The van der Waals surface area contributed by atoms with Crippen LogP contribution in [-0.2, 0) is 14.3 Å². The second-order valence-corrected chi connectivity index (χ2v) is 6.45. The summed E-state index contributed by atoms with van der Waals surface area (Å²) >= 11 is 5.77. The molecule has 26 heavy (non-hydrogen) atoms. The largest absolute Gasteiger partial charge is 0.379 e. The van der Waals surface area contributed by atoms with Gasteiger partial charge in [0.2, 0.25) is 11.8 Å². The Hall–Kier alpha value is -1.96. The number of ketones is 1. The molecule has 1 saturated heterocycles. The van der Waals surface area contributed by atoms with E-state index in [2.05, 4.69) is 15.5 Å². The van der Waals surface area contributed by atoms with Crippen LogP contribution in [0.4, 0.5) is 0 Å². The predicted octanol–water partition coefficient (Wildman–Crippen LogP) is 0.867. The van der Waals surface area contributed by atoms with Crippen molar-refractivity contribution in [3.8, 4) is 0 Å². The molecule has 0 saturated carbocycles. The molecule has 142 valence electrons. The summed E-state index contributed by atoms with van der Waals surface area (Å²) in [7, 11) is 0. The molecular weight excluding hydrogens is 358 g/mol. The number of rotatable bonds is 9. The van der Waals surface area contributed by atoms with E-state index < -0.39 is 0 Å². The maximum absolute atomic E-state index is 12.0. The molecule has 2 amide bonds. The van der Waals surface area contributed by atoms with Crippen LogP contribution in [0.1, 0.15) is 23.2 Å². The number of carbonyl (C=O) groups is 3. The standard InChI is InChI=1S/C18H24ClN3O4/c19-15-3-1-14(2-4-15)16(23)5-6-17(24)21-13-18(25)20-7-8-22-9-11-26-12-10-22/h1-4H,5-13H2,(H,20,25)(H,21,24). The van der Waals surface area contributed by atoms with Gasteiger partial charge in [-0.25, -0.2) is 0 Å². The van der Waals surface area contributed by atoms with Crippen LogP contribution >= 0.6 is 11.6 Å². The molecule has 1 fully saturated rings. The summed E-state index contributed by atoms with van der Waals surface area (Å²) in [6.45, 7) is 4.39. The van der Waals surface area contributed by atoms with E-state index in [4.69, 9.17) is 16.3 Å². The van der Waals surface area contributed by atoms with Crippen LogP contribution in [0.25, 0.3) is 0 Å².